The van der Waals surface area contributed by atoms with Crippen LogP contribution in [0.4, 0.5) is 5.82 Å². The van der Waals surface area contributed by atoms with E-state index in [1.54, 1.807) is 15.4 Å². The molecule has 3 heterocycles. The summed E-state index contributed by atoms with van der Waals surface area (Å²) in [6.45, 7) is 3.09. The largest absolute Gasteiger partial charge is 0.351 e. The molecule has 1 aromatic carbocycles. The highest BCUT2D eigenvalue weighted by atomic mass is 127. The molecule has 1 N–H and O–H groups in total. The first-order chi connectivity index (χ1) is 12.9. The van der Waals surface area contributed by atoms with Crippen LogP contribution in [0.2, 0.25) is 0 Å². The number of aromatic nitrogens is 3. The Morgan fingerprint density at radius 3 is 2.88 bits per heavy atom. The monoisotopic (exact) mass is 479 g/mol. The Morgan fingerprint density at radius 1 is 1.23 bits per heavy atom. The minimum Gasteiger partial charge on any atom is -0.351 e. The molecule has 26 heavy (non-hydrogen) atoms. The summed E-state index contributed by atoms with van der Waals surface area (Å²) in [6.07, 6.45) is 7.21. The summed E-state index contributed by atoms with van der Waals surface area (Å²) in [5.41, 5.74) is 2.36. The fourth-order valence-electron chi connectivity index (χ4n) is 3.65. The smallest absolute Gasteiger partial charge is 0.156 e. The molecule has 1 fully saturated rings. The maximum Gasteiger partial charge on any atom is 0.156 e. The van der Waals surface area contributed by atoms with Gasteiger partial charge in [0, 0.05) is 55.7 Å². The fraction of sp³-hybridized carbons (Fsp3) is 0.368. The van der Waals surface area contributed by atoms with Crippen LogP contribution in [-0.4, -0.2) is 39.6 Å². The molecular weight excluding hydrogens is 457 g/mol. The van der Waals surface area contributed by atoms with Gasteiger partial charge in [-0.25, -0.2) is 9.97 Å². The molecule has 1 aliphatic rings. The van der Waals surface area contributed by atoms with Crippen LogP contribution in [0.3, 0.4) is 0 Å². The number of hydrogen-bond acceptors (Lipinski definition) is 5. The number of rotatable bonds is 6. The van der Waals surface area contributed by atoms with Gasteiger partial charge in [0.05, 0.1) is 5.39 Å². The summed E-state index contributed by atoms with van der Waals surface area (Å²) in [5, 5.41) is 4.69. The van der Waals surface area contributed by atoms with Gasteiger partial charge < -0.3 is 10.2 Å². The van der Waals surface area contributed by atoms with Crippen LogP contribution in [0.15, 0.2) is 48.9 Å². The zero-order valence-electron chi connectivity index (χ0n) is 14.5. The molecular formula is C19H22IN5S. The standard InChI is InChI=1S/C19H22IN5S/c20-26-25-12-9-17-18(22-14-23-19(17)25)24(16-7-4-10-21-13-16)11-8-15-5-2-1-3-6-15/h1-3,5-6,9,12,14,16,21H,4,7-8,10-11,13H2. The zero-order chi connectivity index (χ0) is 17.8. The fourth-order valence-corrected chi connectivity index (χ4v) is 4.93. The highest BCUT2D eigenvalue weighted by Crippen LogP contribution is 2.30. The number of benzene rings is 1. The van der Waals surface area contributed by atoms with E-state index in [0.29, 0.717) is 6.04 Å². The number of nitrogens with zero attached hydrogens (tertiary/aromatic N) is 4. The Hall–Kier alpha value is -1.32. The SMILES string of the molecule is ISn1ccc2c(N(CCc3ccccc3)C3CCCNC3)ncnc21. The summed E-state index contributed by atoms with van der Waals surface area (Å²) < 4.78 is 2.09. The summed E-state index contributed by atoms with van der Waals surface area (Å²) in [6, 6.07) is 13.3. The molecule has 0 bridgehead atoms. The molecule has 136 valence electrons. The molecule has 0 spiro atoms. The molecule has 0 radical (unpaired) electrons. The molecule has 1 saturated heterocycles. The van der Waals surface area contributed by atoms with Crippen LogP contribution in [0.1, 0.15) is 18.4 Å². The predicted molar refractivity (Wildman–Crippen MR) is 118 cm³/mol. The third-order valence-electron chi connectivity index (χ3n) is 4.97. The minimum absolute atomic E-state index is 0.473. The minimum atomic E-state index is 0.473. The highest BCUT2D eigenvalue weighted by Gasteiger charge is 2.24. The van der Waals surface area contributed by atoms with Gasteiger partial charge in [-0.1, -0.05) is 30.3 Å². The van der Waals surface area contributed by atoms with Crippen LogP contribution < -0.4 is 10.2 Å². The van der Waals surface area contributed by atoms with Crippen molar-refractivity contribution in [3.63, 3.8) is 0 Å². The second-order valence-electron chi connectivity index (χ2n) is 6.57. The topological polar surface area (TPSA) is 46.0 Å². The van der Waals surface area contributed by atoms with E-state index in [2.05, 4.69) is 83.0 Å². The van der Waals surface area contributed by atoms with Crippen molar-refractivity contribution in [1.82, 2.24) is 19.3 Å². The van der Waals surface area contributed by atoms with Crippen molar-refractivity contribution in [2.75, 3.05) is 24.5 Å². The van der Waals surface area contributed by atoms with E-state index in [9.17, 15) is 0 Å². The second-order valence-corrected chi connectivity index (χ2v) is 8.29. The van der Waals surface area contributed by atoms with E-state index in [-0.39, 0.29) is 0 Å². The third-order valence-corrected chi connectivity index (χ3v) is 6.69. The Kier molecular flexibility index (Phi) is 5.96. The summed E-state index contributed by atoms with van der Waals surface area (Å²) in [7, 11) is 1.64. The van der Waals surface area contributed by atoms with Crippen molar-refractivity contribution in [2.24, 2.45) is 0 Å². The Morgan fingerprint density at radius 2 is 2.12 bits per heavy atom. The molecule has 5 nitrogen and oxygen atoms in total. The Labute approximate surface area is 170 Å². The first-order valence-electron chi connectivity index (χ1n) is 8.99. The van der Waals surface area contributed by atoms with E-state index in [1.165, 1.54) is 18.4 Å². The lowest BCUT2D eigenvalue weighted by molar-refractivity contribution is 0.430. The number of piperidine rings is 1. The van der Waals surface area contributed by atoms with Crippen molar-refractivity contribution < 1.29 is 0 Å². The van der Waals surface area contributed by atoms with Crippen molar-refractivity contribution in [3.8, 4) is 0 Å². The molecule has 2 aromatic heterocycles. The number of anilines is 1. The molecule has 3 aromatic rings. The average Bonchev–Trinajstić information content (AvgIpc) is 3.14. The lowest BCUT2D eigenvalue weighted by atomic mass is 10.0. The van der Waals surface area contributed by atoms with Gasteiger partial charge in [0.25, 0.3) is 0 Å². The number of hydrogen-bond donors (Lipinski definition) is 1. The summed E-state index contributed by atoms with van der Waals surface area (Å²) in [5.74, 6) is 1.06. The van der Waals surface area contributed by atoms with Gasteiger partial charge in [0.15, 0.2) is 5.65 Å². The van der Waals surface area contributed by atoms with Crippen molar-refractivity contribution in [1.29, 1.82) is 0 Å². The van der Waals surface area contributed by atoms with Crippen LogP contribution >= 0.6 is 30.3 Å². The summed E-state index contributed by atoms with van der Waals surface area (Å²) >= 11 is 2.29. The lowest BCUT2D eigenvalue weighted by Gasteiger charge is -2.36. The van der Waals surface area contributed by atoms with Gasteiger partial charge in [-0.15, -0.1) is 0 Å². The van der Waals surface area contributed by atoms with Crippen LogP contribution in [0.5, 0.6) is 0 Å². The van der Waals surface area contributed by atoms with Crippen LogP contribution in [0.25, 0.3) is 11.0 Å². The highest BCUT2D eigenvalue weighted by molar-refractivity contribution is 14.2. The number of fused-ring (bicyclic) bond motifs is 1. The van der Waals surface area contributed by atoms with E-state index in [4.69, 9.17) is 4.98 Å². The summed E-state index contributed by atoms with van der Waals surface area (Å²) in [4.78, 5) is 11.7. The van der Waals surface area contributed by atoms with Gasteiger partial charge in [-0.05, 0) is 37.4 Å². The number of nitrogens with one attached hydrogen (secondary N) is 1. The van der Waals surface area contributed by atoms with Gasteiger partial charge >= 0.3 is 0 Å². The Bertz CT molecular complexity index is 848. The predicted octanol–water partition coefficient (Wildman–Crippen LogP) is 4.08. The molecule has 0 aliphatic carbocycles. The maximum atomic E-state index is 4.70. The van der Waals surface area contributed by atoms with Gasteiger partial charge in [0.1, 0.15) is 12.1 Å². The first kappa shape index (κ1) is 18.1. The molecule has 4 rings (SSSR count). The lowest BCUT2D eigenvalue weighted by Crippen LogP contribution is -2.47. The van der Waals surface area contributed by atoms with Crippen LogP contribution in [0, 0.1) is 0 Å². The van der Waals surface area contributed by atoms with Crippen molar-refractivity contribution in [3.05, 3.63) is 54.5 Å². The van der Waals surface area contributed by atoms with Crippen molar-refractivity contribution >= 4 is 47.2 Å². The van der Waals surface area contributed by atoms with E-state index in [1.807, 2.05) is 0 Å². The van der Waals surface area contributed by atoms with Gasteiger partial charge in [-0.3, -0.25) is 3.97 Å². The Balaban J connectivity index is 1.67. The first-order valence-corrected chi connectivity index (χ1v) is 12.3. The molecule has 1 unspecified atom stereocenters. The maximum absolute atomic E-state index is 4.70. The number of halogens is 1. The van der Waals surface area contributed by atoms with E-state index in [0.717, 1.165) is 42.9 Å². The van der Waals surface area contributed by atoms with Gasteiger partial charge in [0.2, 0.25) is 0 Å². The molecule has 1 atom stereocenters. The molecule has 0 amide bonds. The van der Waals surface area contributed by atoms with Crippen LogP contribution in [-0.2, 0) is 6.42 Å². The van der Waals surface area contributed by atoms with Gasteiger partial charge in [-0.2, -0.15) is 0 Å². The van der Waals surface area contributed by atoms with E-state index >= 15 is 0 Å². The second kappa shape index (κ2) is 8.58. The average molecular weight is 479 g/mol. The van der Waals surface area contributed by atoms with Crippen molar-refractivity contribution in [2.45, 2.75) is 25.3 Å². The molecule has 1 aliphatic heterocycles. The normalized spacial score (nSPS) is 17.5. The molecule has 7 heteroatoms. The third kappa shape index (κ3) is 3.84. The molecule has 0 saturated carbocycles. The van der Waals surface area contributed by atoms with E-state index < -0.39 is 0 Å². The zero-order valence-corrected chi connectivity index (χ0v) is 17.5. The quantitative estimate of drug-likeness (QED) is 0.540.